The number of rotatable bonds is 6. The van der Waals surface area contributed by atoms with E-state index in [1.807, 2.05) is 30.3 Å². The van der Waals surface area contributed by atoms with Gasteiger partial charge in [-0.15, -0.1) is 0 Å². The average molecular weight is 360 g/mol. The van der Waals surface area contributed by atoms with Crippen molar-refractivity contribution in [3.05, 3.63) is 54.6 Å². The minimum Gasteiger partial charge on any atom is -0.497 e. The quantitative estimate of drug-likeness (QED) is 0.828. The van der Waals surface area contributed by atoms with E-state index in [4.69, 9.17) is 4.74 Å². The van der Waals surface area contributed by atoms with Crippen LogP contribution in [0.4, 0.5) is 5.69 Å². The highest BCUT2D eigenvalue weighted by Gasteiger charge is 2.29. The number of anilines is 1. The Morgan fingerprint density at radius 2 is 1.56 bits per heavy atom. The Morgan fingerprint density at radius 1 is 0.920 bits per heavy atom. The minimum absolute atomic E-state index is 0.0700. The molecule has 0 aromatic heterocycles. The lowest BCUT2D eigenvalue weighted by molar-refractivity contribution is 0.378. The predicted octanol–water partition coefficient (Wildman–Crippen LogP) is 3.40. The number of benzene rings is 2. The van der Waals surface area contributed by atoms with Gasteiger partial charge >= 0.3 is 0 Å². The summed E-state index contributed by atoms with van der Waals surface area (Å²) >= 11 is 0. The van der Waals surface area contributed by atoms with E-state index in [9.17, 15) is 8.42 Å². The second-order valence-electron chi connectivity index (χ2n) is 6.30. The molecule has 0 spiro atoms. The Labute approximate surface area is 149 Å². The molecule has 1 aliphatic carbocycles. The first kappa shape index (κ1) is 17.8. The summed E-state index contributed by atoms with van der Waals surface area (Å²) in [4.78, 5) is 0.309. The summed E-state index contributed by atoms with van der Waals surface area (Å²) in [6, 6.07) is 16.2. The molecular weight excluding hydrogens is 336 g/mol. The van der Waals surface area contributed by atoms with E-state index in [-0.39, 0.29) is 12.1 Å². The van der Waals surface area contributed by atoms with Gasteiger partial charge in [0.05, 0.1) is 12.0 Å². The normalized spacial score (nSPS) is 20.8. The van der Waals surface area contributed by atoms with E-state index in [2.05, 4.69) is 10.0 Å². The number of ether oxygens (including phenoxy) is 1. The fourth-order valence-electron chi connectivity index (χ4n) is 3.21. The third kappa shape index (κ3) is 4.52. The van der Waals surface area contributed by atoms with Crippen molar-refractivity contribution in [2.24, 2.45) is 0 Å². The molecule has 134 valence electrons. The Bertz CT molecular complexity index is 776. The van der Waals surface area contributed by atoms with Crippen molar-refractivity contribution in [1.82, 2.24) is 4.72 Å². The highest BCUT2D eigenvalue weighted by molar-refractivity contribution is 7.89. The summed E-state index contributed by atoms with van der Waals surface area (Å²) in [7, 11) is -1.87. The lowest BCUT2D eigenvalue weighted by atomic mass is 9.91. The second-order valence-corrected chi connectivity index (χ2v) is 8.02. The van der Waals surface area contributed by atoms with Crippen LogP contribution in [0.1, 0.15) is 25.7 Å². The van der Waals surface area contributed by atoms with Gasteiger partial charge in [-0.1, -0.05) is 31.0 Å². The highest BCUT2D eigenvalue weighted by Crippen LogP contribution is 2.25. The molecule has 5 nitrogen and oxygen atoms in total. The van der Waals surface area contributed by atoms with Gasteiger partial charge in [0.2, 0.25) is 10.0 Å². The van der Waals surface area contributed by atoms with Crippen LogP contribution in [0.15, 0.2) is 59.5 Å². The summed E-state index contributed by atoms with van der Waals surface area (Å²) in [5.41, 5.74) is 0.969. The molecular formula is C19H24N2O3S. The number of nitrogens with one attached hydrogen (secondary N) is 2. The fraction of sp³-hybridized carbons (Fsp3) is 0.368. The summed E-state index contributed by atoms with van der Waals surface area (Å²) in [6.45, 7) is 0. The Kier molecular flexibility index (Phi) is 5.60. The van der Waals surface area contributed by atoms with Crippen molar-refractivity contribution in [2.75, 3.05) is 12.4 Å². The molecule has 0 bridgehead atoms. The van der Waals surface area contributed by atoms with Gasteiger partial charge in [0.1, 0.15) is 5.75 Å². The van der Waals surface area contributed by atoms with E-state index < -0.39 is 10.0 Å². The van der Waals surface area contributed by atoms with E-state index in [1.165, 1.54) is 0 Å². The molecule has 6 heteroatoms. The van der Waals surface area contributed by atoms with E-state index in [1.54, 1.807) is 31.4 Å². The van der Waals surface area contributed by atoms with Crippen molar-refractivity contribution >= 4 is 15.7 Å². The van der Waals surface area contributed by atoms with E-state index in [0.29, 0.717) is 4.90 Å². The lowest BCUT2D eigenvalue weighted by Crippen LogP contribution is -2.48. The first-order valence-corrected chi connectivity index (χ1v) is 10.0. The maximum absolute atomic E-state index is 12.6. The SMILES string of the molecule is COc1ccc(N[C@H]2CCCC[C@@H]2NS(=O)(=O)c2ccccc2)cc1. The summed E-state index contributed by atoms with van der Waals surface area (Å²) < 4.78 is 33.3. The van der Waals surface area contributed by atoms with Gasteiger partial charge in [0.15, 0.2) is 0 Å². The van der Waals surface area contributed by atoms with Gasteiger partial charge in [-0.2, -0.15) is 0 Å². The van der Waals surface area contributed by atoms with Crippen molar-refractivity contribution in [1.29, 1.82) is 0 Å². The first-order chi connectivity index (χ1) is 12.1. The molecule has 1 aliphatic rings. The van der Waals surface area contributed by atoms with Crippen LogP contribution in [-0.4, -0.2) is 27.6 Å². The Morgan fingerprint density at radius 3 is 2.20 bits per heavy atom. The fourth-order valence-corrected chi connectivity index (χ4v) is 4.55. The monoisotopic (exact) mass is 360 g/mol. The van der Waals surface area contributed by atoms with Gasteiger partial charge in [-0.3, -0.25) is 0 Å². The molecule has 1 saturated carbocycles. The van der Waals surface area contributed by atoms with Crippen LogP contribution < -0.4 is 14.8 Å². The molecule has 25 heavy (non-hydrogen) atoms. The Hall–Kier alpha value is -2.05. The average Bonchev–Trinajstić information content (AvgIpc) is 2.64. The van der Waals surface area contributed by atoms with Crippen molar-refractivity contribution < 1.29 is 13.2 Å². The third-order valence-corrected chi connectivity index (χ3v) is 6.07. The van der Waals surface area contributed by atoms with E-state index >= 15 is 0 Å². The number of hydrogen-bond acceptors (Lipinski definition) is 4. The standard InChI is InChI=1S/C19H24N2O3S/c1-24-16-13-11-15(12-14-16)20-18-9-5-6-10-19(18)21-25(22,23)17-7-3-2-4-8-17/h2-4,7-8,11-14,18-21H,5-6,9-10H2,1H3/t18-,19-/m0/s1. The van der Waals surface area contributed by atoms with Crippen molar-refractivity contribution in [3.8, 4) is 5.75 Å². The van der Waals surface area contributed by atoms with Crippen LogP contribution >= 0.6 is 0 Å². The van der Waals surface area contributed by atoms with Crippen LogP contribution in [0.5, 0.6) is 5.75 Å². The minimum atomic E-state index is -3.51. The number of methoxy groups -OCH3 is 1. The molecule has 0 unspecified atom stereocenters. The maximum Gasteiger partial charge on any atom is 0.240 e. The largest absolute Gasteiger partial charge is 0.497 e. The molecule has 3 rings (SSSR count). The highest BCUT2D eigenvalue weighted by atomic mass is 32.2. The van der Waals surface area contributed by atoms with Crippen molar-refractivity contribution in [2.45, 2.75) is 42.7 Å². The van der Waals surface area contributed by atoms with Crippen LogP contribution in [0.25, 0.3) is 0 Å². The molecule has 0 aliphatic heterocycles. The molecule has 2 N–H and O–H groups in total. The Balaban J connectivity index is 1.72. The summed E-state index contributed by atoms with van der Waals surface area (Å²) in [5, 5.41) is 3.47. The first-order valence-electron chi connectivity index (χ1n) is 8.56. The molecule has 2 aromatic rings. The number of hydrogen-bond donors (Lipinski definition) is 2. The van der Waals surface area contributed by atoms with Gasteiger partial charge in [-0.05, 0) is 49.2 Å². The molecule has 0 radical (unpaired) electrons. The van der Waals surface area contributed by atoms with Gasteiger partial charge in [-0.25, -0.2) is 13.1 Å². The lowest BCUT2D eigenvalue weighted by Gasteiger charge is -2.33. The zero-order valence-electron chi connectivity index (χ0n) is 14.3. The van der Waals surface area contributed by atoms with Gasteiger partial charge in [0, 0.05) is 17.8 Å². The van der Waals surface area contributed by atoms with Crippen molar-refractivity contribution in [3.63, 3.8) is 0 Å². The maximum atomic E-state index is 12.6. The topological polar surface area (TPSA) is 67.4 Å². The zero-order valence-corrected chi connectivity index (χ0v) is 15.1. The molecule has 0 saturated heterocycles. The van der Waals surface area contributed by atoms with Crippen LogP contribution in [0.3, 0.4) is 0 Å². The third-order valence-electron chi connectivity index (χ3n) is 4.57. The van der Waals surface area contributed by atoms with Crippen LogP contribution in [0, 0.1) is 0 Å². The molecule has 1 fully saturated rings. The summed E-state index contributed by atoms with van der Waals surface area (Å²) in [5.74, 6) is 0.801. The summed E-state index contributed by atoms with van der Waals surface area (Å²) in [6.07, 6.45) is 3.90. The molecule has 0 heterocycles. The second kappa shape index (κ2) is 7.89. The molecule has 0 amide bonds. The molecule has 2 aromatic carbocycles. The van der Waals surface area contributed by atoms with Crippen LogP contribution in [0.2, 0.25) is 0 Å². The zero-order chi connectivity index (χ0) is 17.7. The smallest absolute Gasteiger partial charge is 0.240 e. The number of sulfonamides is 1. The molecule has 2 atom stereocenters. The van der Waals surface area contributed by atoms with Crippen LogP contribution in [-0.2, 0) is 10.0 Å². The predicted molar refractivity (Wildman–Crippen MR) is 99.4 cm³/mol. The van der Waals surface area contributed by atoms with E-state index in [0.717, 1.165) is 37.1 Å². The van der Waals surface area contributed by atoms with Gasteiger partial charge in [0.25, 0.3) is 0 Å². The van der Waals surface area contributed by atoms with Gasteiger partial charge < -0.3 is 10.1 Å².